The van der Waals surface area contributed by atoms with Gasteiger partial charge in [0, 0.05) is 12.6 Å². The lowest BCUT2D eigenvalue weighted by Gasteiger charge is -2.39. The molecule has 3 atom stereocenters. The Kier molecular flexibility index (Phi) is 4.46. The molecule has 4 amide bonds. The number of likely N-dealkylation sites (tertiary alicyclic amines) is 1. The van der Waals surface area contributed by atoms with E-state index in [2.05, 4.69) is 26.1 Å². The Bertz CT molecular complexity index is 961. The zero-order valence-corrected chi connectivity index (χ0v) is 18.3. The third-order valence-corrected chi connectivity index (χ3v) is 7.00. The molecule has 2 saturated heterocycles. The van der Waals surface area contributed by atoms with Gasteiger partial charge in [0.15, 0.2) is 11.5 Å². The van der Waals surface area contributed by atoms with E-state index in [1.54, 1.807) is 18.2 Å². The maximum atomic E-state index is 13.1. The van der Waals surface area contributed by atoms with Crippen molar-refractivity contribution in [2.24, 2.45) is 10.8 Å². The van der Waals surface area contributed by atoms with Crippen molar-refractivity contribution in [3.8, 4) is 11.5 Å². The Morgan fingerprint density at radius 3 is 2.74 bits per heavy atom. The number of hydrogen-bond donors (Lipinski definition) is 1. The highest BCUT2D eigenvalue weighted by Gasteiger charge is 2.51. The van der Waals surface area contributed by atoms with Crippen LogP contribution in [0.4, 0.5) is 4.79 Å². The van der Waals surface area contributed by atoms with Crippen molar-refractivity contribution in [1.29, 1.82) is 0 Å². The number of ether oxygens (including phenoxy) is 2. The van der Waals surface area contributed by atoms with Gasteiger partial charge >= 0.3 is 6.03 Å². The van der Waals surface area contributed by atoms with Crippen molar-refractivity contribution in [2.75, 3.05) is 13.3 Å². The maximum absolute atomic E-state index is 13.1. The number of rotatable bonds is 4. The van der Waals surface area contributed by atoms with E-state index >= 15 is 0 Å². The highest BCUT2D eigenvalue weighted by Crippen LogP contribution is 2.52. The Morgan fingerprint density at radius 2 is 1.94 bits per heavy atom. The van der Waals surface area contributed by atoms with Gasteiger partial charge in [0.1, 0.15) is 6.04 Å². The highest BCUT2D eigenvalue weighted by molar-refractivity contribution is 6.05. The summed E-state index contributed by atoms with van der Waals surface area (Å²) in [6.45, 7) is 7.81. The summed E-state index contributed by atoms with van der Waals surface area (Å²) in [5.74, 6) is 0.852. The zero-order chi connectivity index (χ0) is 22.0. The molecule has 8 nitrogen and oxygen atoms in total. The lowest BCUT2D eigenvalue weighted by Crippen LogP contribution is -2.42. The molecule has 1 aromatic carbocycles. The second kappa shape index (κ2) is 6.87. The van der Waals surface area contributed by atoms with E-state index in [0.29, 0.717) is 11.5 Å². The molecule has 0 aromatic heterocycles. The Morgan fingerprint density at radius 1 is 1.16 bits per heavy atom. The van der Waals surface area contributed by atoms with Crippen LogP contribution in [0, 0.1) is 10.8 Å². The molecule has 8 heteroatoms. The van der Waals surface area contributed by atoms with Crippen LogP contribution in [-0.2, 0) is 16.1 Å². The Hall–Kier alpha value is -2.77. The molecule has 5 rings (SSSR count). The van der Waals surface area contributed by atoms with Gasteiger partial charge in [-0.3, -0.25) is 14.5 Å². The normalized spacial score (nSPS) is 30.7. The number of imide groups is 1. The molecular weight excluding hydrogens is 398 g/mol. The fourth-order valence-electron chi connectivity index (χ4n) is 6.13. The summed E-state index contributed by atoms with van der Waals surface area (Å²) in [5.41, 5.74) is 1.12. The van der Waals surface area contributed by atoms with Crippen molar-refractivity contribution in [3.05, 3.63) is 23.8 Å². The molecule has 0 radical (unpaired) electrons. The van der Waals surface area contributed by atoms with Crippen LogP contribution in [-0.4, -0.2) is 53.1 Å². The SMILES string of the molecule is CC1(C)C[C@@H]2C[C@](C)(CN2C(=O)C[C@@H]2NC(=O)N(Cc3ccc4c(c3)OCO4)C2=O)C1. The first kappa shape index (κ1) is 20.2. The van der Waals surface area contributed by atoms with Gasteiger partial charge in [-0.05, 0) is 47.8 Å². The summed E-state index contributed by atoms with van der Waals surface area (Å²) >= 11 is 0. The second-order valence-corrected chi connectivity index (χ2v) is 10.6. The molecule has 1 saturated carbocycles. The molecule has 0 unspecified atom stereocenters. The van der Waals surface area contributed by atoms with E-state index in [4.69, 9.17) is 9.47 Å². The van der Waals surface area contributed by atoms with Crippen molar-refractivity contribution in [2.45, 2.75) is 65.1 Å². The highest BCUT2D eigenvalue weighted by atomic mass is 16.7. The molecule has 4 aliphatic rings. The van der Waals surface area contributed by atoms with Crippen LogP contribution in [0.3, 0.4) is 0 Å². The quantitative estimate of drug-likeness (QED) is 0.747. The number of fused-ring (bicyclic) bond motifs is 3. The predicted octanol–water partition coefficient (Wildman–Crippen LogP) is 2.65. The smallest absolute Gasteiger partial charge is 0.325 e. The van der Waals surface area contributed by atoms with Crippen LogP contribution in [0.1, 0.15) is 52.0 Å². The van der Waals surface area contributed by atoms with E-state index in [9.17, 15) is 14.4 Å². The number of benzene rings is 1. The largest absolute Gasteiger partial charge is 0.454 e. The minimum absolute atomic E-state index is 0.00915. The monoisotopic (exact) mass is 427 g/mol. The van der Waals surface area contributed by atoms with Crippen LogP contribution < -0.4 is 14.8 Å². The minimum atomic E-state index is -0.810. The standard InChI is InChI=1S/C23H29N3O5/c1-22(2)8-15-9-23(3,11-22)12-26(15)19(27)7-16-20(28)25(21(29)24-16)10-14-4-5-17-18(6-14)31-13-30-17/h4-6,15-16H,7-13H2,1-3H3,(H,24,29)/t15-,16+,23+/m1/s1. The topological polar surface area (TPSA) is 88.2 Å². The number of hydrogen-bond acceptors (Lipinski definition) is 5. The average molecular weight is 428 g/mol. The van der Waals surface area contributed by atoms with Gasteiger partial charge < -0.3 is 19.7 Å². The zero-order valence-electron chi connectivity index (χ0n) is 18.3. The predicted molar refractivity (Wildman–Crippen MR) is 111 cm³/mol. The molecule has 1 N–H and O–H groups in total. The fraction of sp³-hybridized carbons (Fsp3) is 0.609. The van der Waals surface area contributed by atoms with E-state index in [-0.39, 0.29) is 48.4 Å². The Balaban J connectivity index is 1.24. The molecule has 1 aliphatic carbocycles. The second-order valence-electron chi connectivity index (χ2n) is 10.6. The minimum Gasteiger partial charge on any atom is -0.454 e. The van der Waals surface area contributed by atoms with Crippen LogP contribution in [0.5, 0.6) is 11.5 Å². The first-order valence-corrected chi connectivity index (χ1v) is 10.9. The van der Waals surface area contributed by atoms with Gasteiger partial charge in [-0.2, -0.15) is 0 Å². The summed E-state index contributed by atoms with van der Waals surface area (Å²) in [6, 6.07) is 4.29. The summed E-state index contributed by atoms with van der Waals surface area (Å²) in [5, 5.41) is 2.70. The number of urea groups is 1. The van der Waals surface area contributed by atoms with Crippen molar-refractivity contribution < 1.29 is 23.9 Å². The molecule has 3 fully saturated rings. The summed E-state index contributed by atoms with van der Waals surface area (Å²) in [6.07, 6.45) is 3.11. The summed E-state index contributed by atoms with van der Waals surface area (Å²) in [4.78, 5) is 41.6. The average Bonchev–Trinajstić information content (AvgIpc) is 3.31. The van der Waals surface area contributed by atoms with Crippen LogP contribution in [0.15, 0.2) is 18.2 Å². The van der Waals surface area contributed by atoms with Gasteiger partial charge in [0.25, 0.3) is 5.91 Å². The molecule has 1 aromatic rings. The van der Waals surface area contributed by atoms with Crippen LogP contribution >= 0.6 is 0 Å². The van der Waals surface area contributed by atoms with Gasteiger partial charge in [-0.1, -0.05) is 26.8 Å². The van der Waals surface area contributed by atoms with Crippen LogP contribution in [0.2, 0.25) is 0 Å². The lowest BCUT2D eigenvalue weighted by atomic mass is 9.65. The van der Waals surface area contributed by atoms with Crippen molar-refractivity contribution in [3.63, 3.8) is 0 Å². The van der Waals surface area contributed by atoms with E-state index < -0.39 is 12.1 Å². The third-order valence-electron chi connectivity index (χ3n) is 7.00. The first-order chi connectivity index (χ1) is 14.6. The first-order valence-electron chi connectivity index (χ1n) is 10.9. The number of carbonyl (C=O) groups is 3. The maximum Gasteiger partial charge on any atom is 0.325 e. The fourth-order valence-corrected chi connectivity index (χ4v) is 6.13. The van der Waals surface area contributed by atoms with Crippen LogP contribution in [0.25, 0.3) is 0 Å². The summed E-state index contributed by atoms with van der Waals surface area (Å²) in [7, 11) is 0. The Labute approximate surface area is 181 Å². The van der Waals surface area contributed by atoms with E-state index in [0.717, 1.165) is 31.4 Å². The molecule has 166 valence electrons. The number of nitrogens with one attached hydrogen (secondary N) is 1. The number of amides is 4. The molecule has 2 bridgehead atoms. The number of nitrogens with zero attached hydrogens (tertiary/aromatic N) is 2. The van der Waals surface area contributed by atoms with Crippen molar-refractivity contribution >= 4 is 17.8 Å². The third kappa shape index (κ3) is 3.62. The molecular formula is C23H29N3O5. The van der Waals surface area contributed by atoms with Gasteiger partial charge in [-0.25, -0.2) is 4.79 Å². The van der Waals surface area contributed by atoms with E-state index in [1.807, 2.05) is 4.90 Å². The van der Waals surface area contributed by atoms with Gasteiger partial charge in [0.2, 0.25) is 12.7 Å². The van der Waals surface area contributed by atoms with Gasteiger partial charge in [-0.15, -0.1) is 0 Å². The van der Waals surface area contributed by atoms with E-state index in [1.165, 1.54) is 4.90 Å². The molecule has 3 heterocycles. The lowest BCUT2D eigenvalue weighted by molar-refractivity contribution is -0.136. The van der Waals surface area contributed by atoms with Crippen molar-refractivity contribution in [1.82, 2.24) is 15.1 Å². The molecule has 0 spiro atoms. The number of carbonyl (C=O) groups excluding carboxylic acids is 3. The molecule has 3 aliphatic heterocycles. The summed E-state index contributed by atoms with van der Waals surface area (Å²) < 4.78 is 10.7. The molecule has 31 heavy (non-hydrogen) atoms. The van der Waals surface area contributed by atoms with Gasteiger partial charge in [0.05, 0.1) is 13.0 Å².